The third-order valence-corrected chi connectivity index (χ3v) is 4.21. The Balaban J connectivity index is 2.34. The van der Waals surface area contributed by atoms with E-state index >= 15 is 0 Å². The minimum Gasteiger partial charge on any atom is -0.370 e. The Morgan fingerprint density at radius 1 is 1.24 bits per heavy atom. The van der Waals surface area contributed by atoms with Gasteiger partial charge in [0.1, 0.15) is 11.6 Å². The van der Waals surface area contributed by atoms with Crippen molar-refractivity contribution in [1.82, 2.24) is 4.98 Å². The quantitative estimate of drug-likeness (QED) is 0.891. The minimum absolute atomic E-state index is 0.0668. The smallest absolute Gasteiger partial charge is 0.262 e. The number of aryl methyl sites for hydroxylation is 1. The lowest BCUT2D eigenvalue weighted by Gasteiger charge is -2.11. The Kier molecular flexibility index (Phi) is 4.42. The van der Waals surface area contributed by atoms with Gasteiger partial charge in [-0.3, -0.25) is 4.72 Å². The van der Waals surface area contributed by atoms with Gasteiger partial charge in [0.15, 0.2) is 0 Å². The number of sulfonamides is 1. The first-order valence-electron chi connectivity index (χ1n) is 6.41. The fourth-order valence-corrected chi connectivity index (χ4v) is 2.90. The van der Waals surface area contributed by atoms with E-state index in [1.54, 1.807) is 6.92 Å². The summed E-state index contributed by atoms with van der Waals surface area (Å²) < 4.78 is 40.3. The highest BCUT2D eigenvalue weighted by atomic mass is 32.2. The van der Waals surface area contributed by atoms with E-state index < -0.39 is 15.8 Å². The summed E-state index contributed by atoms with van der Waals surface area (Å²) in [6.07, 6.45) is 1.41. The normalized spacial score (nSPS) is 11.2. The van der Waals surface area contributed by atoms with Gasteiger partial charge in [-0.1, -0.05) is 6.07 Å². The van der Waals surface area contributed by atoms with Gasteiger partial charge in [0.05, 0.1) is 10.6 Å². The maximum atomic E-state index is 13.2. The van der Waals surface area contributed by atoms with Crippen LogP contribution in [0.15, 0.2) is 41.4 Å². The lowest BCUT2D eigenvalue weighted by Crippen LogP contribution is -2.14. The number of halogens is 1. The van der Waals surface area contributed by atoms with E-state index in [1.165, 1.54) is 30.5 Å². The Bertz CT molecular complexity index is 748. The molecule has 0 aliphatic carbocycles. The zero-order chi connectivity index (χ0) is 15.5. The van der Waals surface area contributed by atoms with E-state index in [-0.39, 0.29) is 10.6 Å². The highest BCUT2D eigenvalue weighted by Gasteiger charge is 2.16. The van der Waals surface area contributed by atoms with Crippen molar-refractivity contribution in [3.05, 3.63) is 47.9 Å². The van der Waals surface area contributed by atoms with Crippen LogP contribution in [0.4, 0.5) is 15.9 Å². The molecular weight excluding hydrogens is 293 g/mol. The number of hydrogen-bond acceptors (Lipinski definition) is 4. The van der Waals surface area contributed by atoms with Gasteiger partial charge in [-0.25, -0.2) is 17.8 Å². The minimum atomic E-state index is -3.79. The predicted octanol–water partition coefficient (Wildman–Crippen LogP) is 2.76. The molecule has 0 spiro atoms. The molecule has 0 radical (unpaired) electrons. The number of aromatic nitrogens is 1. The van der Waals surface area contributed by atoms with Gasteiger partial charge in [-0.2, -0.15) is 0 Å². The lowest BCUT2D eigenvalue weighted by atomic mass is 10.2. The number of nitrogens with zero attached hydrogens (tertiary/aromatic N) is 1. The van der Waals surface area contributed by atoms with Crippen LogP contribution >= 0.6 is 0 Å². The van der Waals surface area contributed by atoms with E-state index in [2.05, 4.69) is 15.0 Å². The number of rotatable bonds is 5. The third-order valence-electron chi connectivity index (χ3n) is 2.84. The molecule has 1 heterocycles. The van der Waals surface area contributed by atoms with Crippen LogP contribution in [0, 0.1) is 12.7 Å². The maximum Gasteiger partial charge on any atom is 0.262 e. The third kappa shape index (κ3) is 3.69. The van der Waals surface area contributed by atoms with Gasteiger partial charge in [0.25, 0.3) is 10.0 Å². The summed E-state index contributed by atoms with van der Waals surface area (Å²) >= 11 is 0. The van der Waals surface area contributed by atoms with Crippen molar-refractivity contribution >= 4 is 21.5 Å². The molecule has 0 fully saturated rings. The van der Waals surface area contributed by atoms with Crippen LogP contribution in [0.3, 0.4) is 0 Å². The molecule has 0 saturated heterocycles. The van der Waals surface area contributed by atoms with E-state index in [1.807, 2.05) is 6.92 Å². The molecule has 1 aromatic carbocycles. The molecule has 2 aromatic rings. The molecule has 2 N–H and O–H groups in total. The molecule has 0 amide bonds. The topological polar surface area (TPSA) is 71.1 Å². The maximum absolute atomic E-state index is 13.2. The molecule has 1 aromatic heterocycles. The standard InChI is InChI=1S/C14H16FN3O2S/c1-3-16-14-9-12(6-7-17-14)21(19,20)18-13-8-11(15)5-4-10(13)2/h4-9,18H,3H2,1-2H3,(H,16,17). The molecule has 5 nitrogen and oxygen atoms in total. The lowest BCUT2D eigenvalue weighted by molar-refractivity contribution is 0.601. The zero-order valence-electron chi connectivity index (χ0n) is 11.7. The largest absolute Gasteiger partial charge is 0.370 e. The van der Waals surface area contributed by atoms with Crippen LogP contribution in [0.5, 0.6) is 0 Å². The average molecular weight is 309 g/mol. The Morgan fingerprint density at radius 2 is 2.00 bits per heavy atom. The van der Waals surface area contributed by atoms with Gasteiger partial charge in [0.2, 0.25) is 0 Å². The van der Waals surface area contributed by atoms with Crippen LogP contribution in [-0.4, -0.2) is 19.9 Å². The van der Waals surface area contributed by atoms with Crippen molar-refractivity contribution in [2.24, 2.45) is 0 Å². The van der Waals surface area contributed by atoms with Gasteiger partial charge >= 0.3 is 0 Å². The monoisotopic (exact) mass is 309 g/mol. The van der Waals surface area contributed by atoms with Gasteiger partial charge < -0.3 is 5.32 Å². The summed E-state index contributed by atoms with van der Waals surface area (Å²) in [6.45, 7) is 4.22. The number of anilines is 2. The molecule has 21 heavy (non-hydrogen) atoms. The molecule has 7 heteroatoms. The second-order valence-corrected chi connectivity index (χ2v) is 6.15. The first kappa shape index (κ1) is 15.2. The van der Waals surface area contributed by atoms with Gasteiger partial charge in [0, 0.05) is 18.8 Å². The fourth-order valence-electron chi connectivity index (χ4n) is 1.76. The summed E-state index contributed by atoms with van der Waals surface area (Å²) in [5, 5.41) is 2.94. The average Bonchev–Trinajstić information content (AvgIpc) is 2.43. The van der Waals surface area contributed by atoms with Crippen molar-refractivity contribution in [3.63, 3.8) is 0 Å². The molecule has 0 bridgehead atoms. The van der Waals surface area contributed by atoms with Crippen LogP contribution in [0.2, 0.25) is 0 Å². The van der Waals surface area contributed by atoms with Crippen molar-refractivity contribution in [3.8, 4) is 0 Å². The predicted molar refractivity (Wildman–Crippen MR) is 80.3 cm³/mol. The van der Waals surface area contributed by atoms with E-state index in [0.29, 0.717) is 17.9 Å². The van der Waals surface area contributed by atoms with Gasteiger partial charge in [-0.05, 0) is 37.6 Å². The number of benzene rings is 1. The molecule has 0 saturated carbocycles. The van der Waals surface area contributed by atoms with Crippen LogP contribution in [0.25, 0.3) is 0 Å². The second kappa shape index (κ2) is 6.09. The van der Waals surface area contributed by atoms with Crippen molar-refractivity contribution in [2.75, 3.05) is 16.6 Å². The van der Waals surface area contributed by atoms with E-state index in [0.717, 1.165) is 6.07 Å². The highest BCUT2D eigenvalue weighted by molar-refractivity contribution is 7.92. The van der Waals surface area contributed by atoms with E-state index in [4.69, 9.17) is 0 Å². The molecule has 0 aliphatic heterocycles. The van der Waals surface area contributed by atoms with Crippen LogP contribution in [0.1, 0.15) is 12.5 Å². The molecule has 112 valence electrons. The molecular formula is C14H16FN3O2S. The fraction of sp³-hybridized carbons (Fsp3) is 0.214. The number of nitrogens with one attached hydrogen (secondary N) is 2. The number of hydrogen-bond donors (Lipinski definition) is 2. The highest BCUT2D eigenvalue weighted by Crippen LogP contribution is 2.21. The summed E-state index contributed by atoms with van der Waals surface area (Å²) in [4.78, 5) is 4.08. The van der Waals surface area contributed by atoms with E-state index in [9.17, 15) is 12.8 Å². The molecule has 0 aliphatic rings. The molecule has 2 rings (SSSR count). The number of pyridine rings is 1. The second-order valence-electron chi connectivity index (χ2n) is 4.47. The SMILES string of the molecule is CCNc1cc(S(=O)(=O)Nc2cc(F)ccc2C)ccn1. The molecule has 0 unspecified atom stereocenters. The van der Waals surface area contributed by atoms with Crippen molar-refractivity contribution in [1.29, 1.82) is 0 Å². The zero-order valence-corrected chi connectivity index (χ0v) is 12.5. The summed E-state index contributed by atoms with van der Waals surface area (Å²) in [6, 6.07) is 6.77. The Hall–Kier alpha value is -2.15. The first-order chi connectivity index (χ1) is 9.92. The summed E-state index contributed by atoms with van der Waals surface area (Å²) in [5.74, 6) is -0.0299. The van der Waals surface area contributed by atoms with Crippen molar-refractivity contribution in [2.45, 2.75) is 18.7 Å². The van der Waals surface area contributed by atoms with Gasteiger partial charge in [-0.15, -0.1) is 0 Å². The molecule has 0 atom stereocenters. The summed E-state index contributed by atoms with van der Waals surface area (Å²) in [7, 11) is -3.79. The Labute approximate surface area is 123 Å². The van der Waals surface area contributed by atoms with Crippen LogP contribution in [-0.2, 0) is 10.0 Å². The summed E-state index contributed by atoms with van der Waals surface area (Å²) in [5.41, 5.74) is 0.859. The first-order valence-corrected chi connectivity index (χ1v) is 7.89. The van der Waals surface area contributed by atoms with Crippen LogP contribution < -0.4 is 10.0 Å². The Morgan fingerprint density at radius 3 is 2.71 bits per heavy atom. The van der Waals surface area contributed by atoms with Crippen molar-refractivity contribution < 1.29 is 12.8 Å².